The van der Waals surface area contributed by atoms with Crippen molar-refractivity contribution in [3.8, 4) is 0 Å². The van der Waals surface area contributed by atoms with Gasteiger partial charge in [-0.15, -0.1) is 0 Å². The second kappa shape index (κ2) is 5.99. The minimum absolute atomic E-state index is 0.0512. The molecule has 3 nitrogen and oxygen atoms in total. The van der Waals surface area contributed by atoms with Gasteiger partial charge in [0.2, 0.25) is 0 Å². The Kier molecular flexibility index (Phi) is 4.55. The highest BCUT2D eigenvalue weighted by Gasteiger charge is 2.28. The summed E-state index contributed by atoms with van der Waals surface area (Å²) in [6, 6.07) is 4.29. The molecule has 1 aliphatic rings. The molecule has 1 aromatic rings. The average molecular weight is 285 g/mol. The van der Waals surface area contributed by atoms with Gasteiger partial charge in [-0.3, -0.25) is 9.69 Å². The smallest absolute Gasteiger partial charge is 0.155 e. The number of hydrogen-bond acceptors (Lipinski definition) is 3. The van der Waals surface area contributed by atoms with Gasteiger partial charge in [-0.25, -0.2) is 4.39 Å². The molecule has 1 saturated heterocycles. The maximum absolute atomic E-state index is 13.7. The number of hydrogen-bond donors (Lipinski definition) is 0. The first-order chi connectivity index (χ1) is 8.97. The summed E-state index contributed by atoms with van der Waals surface area (Å²) in [5.41, 5.74) is 0.413. The van der Waals surface area contributed by atoms with E-state index in [-0.39, 0.29) is 18.2 Å². The van der Waals surface area contributed by atoms with Crippen LogP contribution in [0, 0.1) is 5.82 Å². The number of piperazine rings is 1. The summed E-state index contributed by atoms with van der Waals surface area (Å²) in [7, 11) is 3.93. The Labute approximate surface area is 117 Å². The number of ketones is 1. The SMILES string of the molecule is CN1CCN(C)C(C(=O)Cc2ccc(Cl)cc2F)C1. The fraction of sp³-hybridized carbons (Fsp3) is 0.500. The van der Waals surface area contributed by atoms with Crippen LogP contribution >= 0.6 is 11.6 Å². The van der Waals surface area contributed by atoms with Crippen LogP contribution in [0.5, 0.6) is 0 Å². The molecule has 1 aliphatic heterocycles. The van der Waals surface area contributed by atoms with E-state index >= 15 is 0 Å². The van der Waals surface area contributed by atoms with Gasteiger partial charge in [0.05, 0.1) is 6.04 Å². The van der Waals surface area contributed by atoms with Crippen molar-refractivity contribution in [1.29, 1.82) is 0 Å². The third-order valence-electron chi connectivity index (χ3n) is 3.60. The third kappa shape index (κ3) is 3.53. The van der Waals surface area contributed by atoms with Gasteiger partial charge >= 0.3 is 0 Å². The van der Waals surface area contributed by atoms with E-state index in [0.717, 1.165) is 13.1 Å². The Morgan fingerprint density at radius 2 is 2.16 bits per heavy atom. The topological polar surface area (TPSA) is 23.6 Å². The molecule has 1 fully saturated rings. The molecule has 1 unspecified atom stereocenters. The molecule has 0 N–H and O–H groups in total. The number of carbonyl (C=O) groups excluding carboxylic acids is 1. The van der Waals surface area contributed by atoms with E-state index in [2.05, 4.69) is 4.90 Å². The summed E-state index contributed by atoms with van der Waals surface area (Å²) in [4.78, 5) is 16.5. The Balaban J connectivity index is 2.07. The second-order valence-corrected chi connectivity index (χ2v) is 5.57. The molecular formula is C14H18ClFN2O. The fourth-order valence-electron chi connectivity index (χ4n) is 2.33. The van der Waals surface area contributed by atoms with E-state index in [4.69, 9.17) is 11.6 Å². The summed E-state index contributed by atoms with van der Waals surface area (Å²) >= 11 is 5.70. The highest BCUT2D eigenvalue weighted by Crippen LogP contribution is 2.17. The predicted molar refractivity (Wildman–Crippen MR) is 74.0 cm³/mol. The summed E-state index contributed by atoms with van der Waals surface area (Å²) in [6.45, 7) is 2.51. The molecule has 1 aromatic carbocycles. The minimum Gasteiger partial charge on any atom is -0.303 e. The van der Waals surface area contributed by atoms with Gasteiger partial charge in [-0.1, -0.05) is 17.7 Å². The molecule has 2 rings (SSSR count). The van der Waals surface area contributed by atoms with E-state index < -0.39 is 5.82 Å². The first-order valence-corrected chi connectivity index (χ1v) is 6.70. The average Bonchev–Trinajstić information content (AvgIpc) is 2.35. The van der Waals surface area contributed by atoms with Gasteiger partial charge in [0, 0.05) is 31.1 Å². The predicted octanol–water partition coefficient (Wildman–Crippen LogP) is 1.84. The number of rotatable bonds is 3. The van der Waals surface area contributed by atoms with Crippen LogP contribution in [0.3, 0.4) is 0 Å². The molecule has 19 heavy (non-hydrogen) atoms. The zero-order chi connectivity index (χ0) is 14.0. The third-order valence-corrected chi connectivity index (χ3v) is 3.84. The zero-order valence-electron chi connectivity index (χ0n) is 11.2. The van der Waals surface area contributed by atoms with Crippen molar-refractivity contribution in [3.05, 3.63) is 34.6 Å². The minimum atomic E-state index is -0.410. The van der Waals surface area contributed by atoms with Gasteiger partial charge in [0.25, 0.3) is 0 Å². The van der Waals surface area contributed by atoms with Crippen molar-refractivity contribution in [2.75, 3.05) is 33.7 Å². The standard InChI is InChI=1S/C14H18ClFN2O/c1-17-5-6-18(2)13(9-17)14(19)7-10-3-4-11(15)8-12(10)16/h3-4,8,13H,5-7,9H2,1-2H3. The normalized spacial score (nSPS) is 21.6. The van der Waals surface area contributed by atoms with Crippen LogP contribution in [0.4, 0.5) is 4.39 Å². The Bertz CT molecular complexity index is 481. The second-order valence-electron chi connectivity index (χ2n) is 5.14. The van der Waals surface area contributed by atoms with Crippen LogP contribution < -0.4 is 0 Å². The van der Waals surface area contributed by atoms with Crippen molar-refractivity contribution in [2.45, 2.75) is 12.5 Å². The molecule has 0 bridgehead atoms. The molecule has 0 aromatic heterocycles. The molecule has 1 heterocycles. The van der Waals surface area contributed by atoms with Crippen LogP contribution in [0.15, 0.2) is 18.2 Å². The Hall–Kier alpha value is -0.970. The Morgan fingerprint density at radius 1 is 1.42 bits per heavy atom. The molecular weight excluding hydrogens is 267 g/mol. The highest BCUT2D eigenvalue weighted by atomic mass is 35.5. The van der Waals surface area contributed by atoms with Crippen molar-refractivity contribution >= 4 is 17.4 Å². The maximum atomic E-state index is 13.7. The molecule has 5 heteroatoms. The van der Waals surface area contributed by atoms with Crippen molar-refractivity contribution < 1.29 is 9.18 Å². The van der Waals surface area contributed by atoms with Crippen molar-refractivity contribution in [2.24, 2.45) is 0 Å². The number of likely N-dealkylation sites (N-methyl/N-ethyl adjacent to an activating group) is 2. The van der Waals surface area contributed by atoms with E-state index in [0.29, 0.717) is 17.1 Å². The lowest BCUT2D eigenvalue weighted by Gasteiger charge is -2.36. The molecule has 0 radical (unpaired) electrons. The summed E-state index contributed by atoms with van der Waals surface area (Å²) in [5.74, 6) is -0.358. The number of halogens is 2. The van der Waals surface area contributed by atoms with Crippen LogP contribution in [0.1, 0.15) is 5.56 Å². The summed E-state index contributed by atoms with van der Waals surface area (Å²) in [5, 5.41) is 0.350. The van der Waals surface area contributed by atoms with Gasteiger partial charge in [-0.2, -0.15) is 0 Å². The Morgan fingerprint density at radius 3 is 2.84 bits per heavy atom. The quantitative estimate of drug-likeness (QED) is 0.846. The summed E-state index contributed by atoms with van der Waals surface area (Å²) in [6.07, 6.45) is 0.117. The molecule has 0 amide bonds. The van der Waals surface area contributed by atoms with Crippen molar-refractivity contribution in [1.82, 2.24) is 9.80 Å². The summed E-state index contributed by atoms with van der Waals surface area (Å²) < 4.78 is 13.7. The van der Waals surface area contributed by atoms with Gasteiger partial charge < -0.3 is 4.90 Å². The van der Waals surface area contributed by atoms with E-state index in [1.54, 1.807) is 12.1 Å². The zero-order valence-corrected chi connectivity index (χ0v) is 12.0. The monoisotopic (exact) mass is 284 g/mol. The first-order valence-electron chi connectivity index (χ1n) is 6.33. The van der Waals surface area contributed by atoms with Crippen LogP contribution in [0.25, 0.3) is 0 Å². The maximum Gasteiger partial charge on any atom is 0.155 e. The van der Waals surface area contributed by atoms with E-state index in [9.17, 15) is 9.18 Å². The van der Waals surface area contributed by atoms with Crippen LogP contribution in [-0.4, -0.2) is 55.4 Å². The highest BCUT2D eigenvalue weighted by molar-refractivity contribution is 6.30. The molecule has 0 spiro atoms. The van der Waals surface area contributed by atoms with E-state index in [1.807, 2.05) is 19.0 Å². The van der Waals surface area contributed by atoms with Gasteiger partial charge in [0.15, 0.2) is 5.78 Å². The van der Waals surface area contributed by atoms with Crippen LogP contribution in [0.2, 0.25) is 5.02 Å². The van der Waals surface area contributed by atoms with Crippen LogP contribution in [-0.2, 0) is 11.2 Å². The first kappa shape index (κ1) is 14.4. The number of nitrogens with zero attached hydrogens (tertiary/aromatic N) is 2. The van der Waals surface area contributed by atoms with Gasteiger partial charge in [0.1, 0.15) is 5.82 Å². The molecule has 0 saturated carbocycles. The number of carbonyl (C=O) groups is 1. The lowest BCUT2D eigenvalue weighted by molar-refractivity contribution is -0.125. The lowest BCUT2D eigenvalue weighted by atomic mass is 10.0. The molecule has 1 atom stereocenters. The number of benzene rings is 1. The van der Waals surface area contributed by atoms with Gasteiger partial charge in [-0.05, 0) is 31.8 Å². The fourth-order valence-corrected chi connectivity index (χ4v) is 2.49. The largest absolute Gasteiger partial charge is 0.303 e. The molecule has 0 aliphatic carbocycles. The number of Topliss-reactive ketones (excluding diaryl/α,β-unsaturated/α-hetero) is 1. The molecule has 104 valence electrons. The van der Waals surface area contributed by atoms with Crippen molar-refractivity contribution in [3.63, 3.8) is 0 Å². The lowest BCUT2D eigenvalue weighted by Crippen LogP contribution is -2.53. The van der Waals surface area contributed by atoms with E-state index in [1.165, 1.54) is 6.07 Å².